The number of rotatable bonds is 6. The number of thiazole rings is 1. The monoisotopic (exact) mass is 263 g/mol. The predicted molar refractivity (Wildman–Crippen MR) is 72.8 cm³/mol. The molecule has 2 aromatic rings. The van der Waals surface area contributed by atoms with Crippen LogP contribution in [0.25, 0.3) is 0 Å². The first-order valence-electron chi connectivity index (χ1n) is 5.95. The normalized spacial score (nSPS) is 10.6. The van der Waals surface area contributed by atoms with E-state index in [1.54, 1.807) is 18.4 Å². The Bertz CT molecular complexity index is 481. The van der Waals surface area contributed by atoms with Crippen LogP contribution in [0.2, 0.25) is 0 Å². The summed E-state index contributed by atoms with van der Waals surface area (Å²) in [5.74, 6) is 0.645. The van der Waals surface area contributed by atoms with Crippen LogP contribution in [0.4, 0.5) is 0 Å². The highest BCUT2D eigenvalue weighted by Gasteiger charge is 2.00. The minimum Gasteiger partial charge on any atom is -0.481 e. The first-order chi connectivity index (χ1) is 8.81. The largest absolute Gasteiger partial charge is 0.481 e. The van der Waals surface area contributed by atoms with E-state index < -0.39 is 0 Å². The van der Waals surface area contributed by atoms with Gasteiger partial charge in [-0.3, -0.25) is 0 Å². The van der Waals surface area contributed by atoms with E-state index >= 15 is 0 Å². The van der Waals surface area contributed by atoms with Crippen LogP contribution in [0.3, 0.4) is 0 Å². The SMILES string of the molecule is CCc1cnc(CNCc2ccc(OC)nc2)s1. The molecule has 4 nitrogen and oxygen atoms in total. The van der Waals surface area contributed by atoms with E-state index in [9.17, 15) is 0 Å². The van der Waals surface area contributed by atoms with Gasteiger partial charge in [-0.2, -0.15) is 0 Å². The van der Waals surface area contributed by atoms with E-state index in [-0.39, 0.29) is 0 Å². The minimum atomic E-state index is 0.645. The maximum Gasteiger partial charge on any atom is 0.212 e. The van der Waals surface area contributed by atoms with Gasteiger partial charge in [0.25, 0.3) is 0 Å². The van der Waals surface area contributed by atoms with Crippen LogP contribution in [0.5, 0.6) is 5.88 Å². The topological polar surface area (TPSA) is 47.0 Å². The second-order valence-corrected chi connectivity index (χ2v) is 5.09. The molecule has 0 aliphatic heterocycles. The zero-order valence-corrected chi connectivity index (χ0v) is 11.5. The Morgan fingerprint density at radius 1 is 1.22 bits per heavy atom. The molecule has 0 amide bonds. The summed E-state index contributed by atoms with van der Waals surface area (Å²) in [5.41, 5.74) is 1.14. The molecule has 0 saturated carbocycles. The summed E-state index contributed by atoms with van der Waals surface area (Å²) in [7, 11) is 1.62. The number of methoxy groups -OCH3 is 1. The Kier molecular flexibility index (Phi) is 4.66. The summed E-state index contributed by atoms with van der Waals surface area (Å²) in [5, 5.41) is 4.49. The van der Waals surface area contributed by atoms with Crippen molar-refractivity contribution < 1.29 is 4.74 Å². The number of ether oxygens (including phenoxy) is 1. The van der Waals surface area contributed by atoms with Crippen LogP contribution in [0.1, 0.15) is 22.4 Å². The molecule has 0 unspecified atom stereocenters. The lowest BCUT2D eigenvalue weighted by molar-refractivity contribution is 0.397. The second-order valence-electron chi connectivity index (χ2n) is 3.89. The van der Waals surface area contributed by atoms with Gasteiger partial charge < -0.3 is 10.1 Å². The minimum absolute atomic E-state index is 0.645. The van der Waals surface area contributed by atoms with Crippen molar-refractivity contribution in [3.63, 3.8) is 0 Å². The first-order valence-corrected chi connectivity index (χ1v) is 6.76. The molecule has 18 heavy (non-hydrogen) atoms. The Morgan fingerprint density at radius 2 is 2.11 bits per heavy atom. The summed E-state index contributed by atoms with van der Waals surface area (Å²) in [4.78, 5) is 9.86. The maximum absolute atomic E-state index is 5.02. The fraction of sp³-hybridized carbons (Fsp3) is 0.385. The molecule has 0 bridgehead atoms. The van der Waals surface area contributed by atoms with Crippen LogP contribution >= 0.6 is 11.3 Å². The number of aryl methyl sites for hydroxylation is 1. The molecular weight excluding hydrogens is 246 g/mol. The molecule has 2 heterocycles. The lowest BCUT2D eigenvalue weighted by atomic mass is 10.3. The zero-order valence-electron chi connectivity index (χ0n) is 10.6. The lowest BCUT2D eigenvalue weighted by Gasteiger charge is -2.03. The van der Waals surface area contributed by atoms with Gasteiger partial charge in [-0.25, -0.2) is 9.97 Å². The van der Waals surface area contributed by atoms with Gasteiger partial charge in [0.05, 0.1) is 7.11 Å². The van der Waals surface area contributed by atoms with Gasteiger partial charge in [0.1, 0.15) is 5.01 Å². The molecule has 2 rings (SSSR count). The standard InChI is InChI=1S/C13H17N3OS/c1-3-11-8-16-13(18-11)9-14-6-10-4-5-12(17-2)15-7-10/h4-5,7-8,14H,3,6,9H2,1-2H3. The number of hydrogen-bond acceptors (Lipinski definition) is 5. The third kappa shape index (κ3) is 3.51. The van der Waals surface area contributed by atoms with Crippen molar-refractivity contribution in [3.8, 4) is 5.88 Å². The molecule has 0 atom stereocenters. The van der Waals surface area contributed by atoms with Crippen LogP contribution in [-0.4, -0.2) is 17.1 Å². The molecule has 0 aliphatic carbocycles. The Balaban J connectivity index is 1.80. The fourth-order valence-electron chi connectivity index (χ4n) is 1.54. The third-order valence-electron chi connectivity index (χ3n) is 2.56. The van der Waals surface area contributed by atoms with E-state index in [4.69, 9.17) is 4.74 Å². The first kappa shape index (κ1) is 13.0. The van der Waals surface area contributed by atoms with Crippen molar-refractivity contribution in [2.45, 2.75) is 26.4 Å². The van der Waals surface area contributed by atoms with Gasteiger partial charge in [0.2, 0.25) is 5.88 Å². The van der Waals surface area contributed by atoms with Crippen molar-refractivity contribution in [1.29, 1.82) is 0 Å². The molecule has 0 fully saturated rings. The summed E-state index contributed by atoms with van der Waals surface area (Å²) in [6.45, 7) is 3.74. The Labute approximate surface area is 111 Å². The van der Waals surface area contributed by atoms with Gasteiger partial charge in [-0.1, -0.05) is 13.0 Å². The Hall–Kier alpha value is -1.46. The summed E-state index contributed by atoms with van der Waals surface area (Å²) < 4.78 is 5.02. The lowest BCUT2D eigenvalue weighted by Crippen LogP contribution is -2.12. The van der Waals surface area contributed by atoms with Crippen LogP contribution in [-0.2, 0) is 19.5 Å². The molecule has 0 spiro atoms. The van der Waals surface area contributed by atoms with E-state index in [2.05, 4.69) is 22.2 Å². The highest BCUT2D eigenvalue weighted by atomic mass is 32.1. The van der Waals surface area contributed by atoms with E-state index in [0.717, 1.165) is 30.1 Å². The zero-order chi connectivity index (χ0) is 12.8. The van der Waals surface area contributed by atoms with Gasteiger partial charge in [0.15, 0.2) is 0 Å². The van der Waals surface area contributed by atoms with E-state index in [1.807, 2.05) is 24.5 Å². The van der Waals surface area contributed by atoms with Crippen molar-refractivity contribution >= 4 is 11.3 Å². The van der Waals surface area contributed by atoms with Crippen LogP contribution < -0.4 is 10.1 Å². The smallest absolute Gasteiger partial charge is 0.212 e. The van der Waals surface area contributed by atoms with Crippen molar-refractivity contribution in [2.24, 2.45) is 0 Å². The average molecular weight is 263 g/mol. The number of nitrogens with one attached hydrogen (secondary N) is 1. The number of hydrogen-bond donors (Lipinski definition) is 1. The molecule has 0 radical (unpaired) electrons. The summed E-state index contributed by atoms with van der Waals surface area (Å²) in [6.07, 6.45) is 4.84. The molecular formula is C13H17N3OS. The molecule has 0 saturated heterocycles. The highest BCUT2D eigenvalue weighted by molar-refractivity contribution is 7.11. The van der Waals surface area contributed by atoms with Crippen LogP contribution in [0.15, 0.2) is 24.5 Å². The third-order valence-corrected chi connectivity index (χ3v) is 3.70. The average Bonchev–Trinajstić information content (AvgIpc) is 2.87. The molecule has 0 aromatic carbocycles. The van der Waals surface area contributed by atoms with Crippen molar-refractivity contribution in [1.82, 2.24) is 15.3 Å². The molecule has 5 heteroatoms. The predicted octanol–water partition coefficient (Wildman–Crippen LogP) is 2.40. The van der Waals surface area contributed by atoms with Crippen molar-refractivity contribution in [3.05, 3.63) is 40.0 Å². The fourth-order valence-corrected chi connectivity index (χ4v) is 2.38. The number of aromatic nitrogens is 2. The van der Waals surface area contributed by atoms with Crippen molar-refractivity contribution in [2.75, 3.05) is 7.11 Å². The maximum atomic E-state index is 5.02. The van der Waals surface area contributed by atoms with E-state index in [0.29, 0.717) is 5.88 Å². The van der Waals surface area contributed by atoms with Gasteiger partial charge in [-0.15, -0.1) is 11.3 Å². The highest BCUT2D eigenvalue weighted by Crippen LogP contribution is 2.13. The van der Waals surface area contributed by atoms with Gasteiger partial charge >= 0.3 is 0 Å². The van der Waals surface area contributed by atoms with Gasteiger partial charge in [0, 0.05) is 36.4 Å². The summed E-state index contributed by atoms with van der Waals surface area (Å²) >= 11 is 1.76. The van der Waals surface area contributed by atoms with Crippen LogP contribution in [0, 0.1) is 0 Å². The Morgan fingerprint density at radius 3 is 2.72 bits per heavy atom. The second kappa shape index (κ2) is 6.47. The molecule has 96 valence electrons. The molecule has 0 aliphatic rings. The van der Waals surface area contributed by atoms with E-state index in [1.165, 1.54) is 4.88 Å². The number of nitrogens with zero attached hydrogens (tertiary/aromatic N) is 2. The van der Waals surface area contributed by atoms with Gasteiger partial charge in [-0.05, 0) is 12.0 Å². The molecule has 2 aromatic heterocycles. The molecule has 1 N–H and O–H groups in total. The summed E-state index contributed by atoms with van der Waals surface area (Å²) in [6, 6.07) is 3.88. The quantitative estimate of drug-likeness (QED) is 0.869. The number of pyridine rings is 1.